The number of benzene rings is 3. The van der Waals surface area contributed by atoms with Crippen molar-refractivity contribution in [3.05, 3.63) is 83.4 Å². The van der Waals surface area contributed by atoms with Crippen LogP contribution in [0.3, 0.4) is 0 Å². The summed E-state index contributed by atoms with van der Waals surface area (Å²) >= 11 is 6.23. The first-order chi connectivity index (χ1) is 20.1. The maximum Gasteiger partial charge on any atom is 0.264 e. The van der Waals surface area contributed by atoms with Crippen LogP contribution in [0.2, 0.25) is 5.02 Å². The van der Waals surface area contributed by atoms with E-state index >= 15 is 0 Å². The highest BCUT2D eigenvalue weighted by molar-refractivity contribution is 7.92. The Labute approximate surface area is 252 Å². The molecule has 1 aliphatic rings. The fourth-order valence-corrected chi connectivity index (χ4v) is 6.57. The summed E-state index contributed by atoms with van der Waals surface area (Å²) in [7, 11) is -1.19. The molecule has 0 aromatic heterocycles. The average Bonchev–Trinajstić information content (AvgIpc) is 3.51. The van der Waals surface area contributed by atoms with E-state index in [0.717, 1.165) is 35.6 Å². The summed E-state index contributed by atoms with van der Waals surface area (Å²) in [6.45, 7) is 1.17. The molecule has 1 fully saturated rings. The van der Waals surface area contributed by atoms with Gasteiger partial charge in [-0.15, -0.1) is 0 Å². The second-order valence-corrected chi connectivity index (χ2v) is 12.5. The van der Waals surface area contributed by atoms with Crippen LogP contribution in [0, 0.1) is 0 Å². The van der Waals surface area contributed by atoms with Crippen molar-refractivity contribution in [2.75, 3.05) is 25.1 Å². The van der Waals surface area contributed by atoms with Gasteiger partial charge in [0.25, 0.3) is 10.0 Å². The summed E-state index contributed by atoms with van der Waals surface area (Å²) in [4.78, 5) is 28.8. The Balaban J connectivity index is 1.69. The molecule has 3 aromatic carbocycles. The summed E-state index contributed by atoms with van der Waals surface area (Å²) in [6.07, 6.45) is 3.88. The number of nitrogens with one attached hydrogen (secondary N) is 1. The van der Waals surface area contributed by atoms with Crippen LogP contribution < -0.4 is 19.1 Å². The number of halogens is 1. The van der Waals surface area contributed by atoms with Crippen LogP contribution in [-0.2, 0) is 26.2 Å². The van der Waals surface area contributed by atoms with E-state index in [2.05, 4.69) is 5.32 Å². The fourth-order valence-electron chi connectivity index (χ4n) is 4.98. The first kappa shape index (κ1) is 31.2. The van der Waals surface area contributed by atoms with Gasteiger partial charge in [-0.2, -0.15) is 0 Å². The van der Waals surface area contributed by atoms with Crippen LogP contribution in [0.15, 0.2) is 77.7 Å². The van der Waals surface area contributed by atoms with Crippen LogP contribution in [0.5, 0.6) is 11.5 Å². The van der Waals surface area contributed by atoms with Gasteiger partial charge in [0.1, 0.15) is 24.1 Å². The average molecular weight is 614 g/mol. The summed E-state index contributed by atoms with van der Waals surface area (Å²) in [5.74, 6) is 0.255. The van der Waals surface area contributed by atoms with Crippen molar-refractivity contribution in [2.24, 2.45) is 0 Å². The molecule has 224 valence electrons. The van der Waals surface area contributed by atoms with Crippen molar-refractivity contribution in [1.29, 1.82) is 0 Å². The van der Waals surface area contributed by atoms with E-state index < -0.39 is 28.5 Å². The van der Waals surface area contributed by atoms with Crippen molar-refractivity contribution in [3.63, 3.8) is 0 Å². The molecule has 11 heteroatoms. The van der Waals surface area contributed by atoms with E-state index in [1.165, 1.54) is 42.3 Å². The first-order valence-electron chi connectivity index (χ1n) is 13.8. The molecule has 4 rings (SSSR count). The number of nitrogens with zero attached hydrogens (tertiary/aromatic N) is 2. The maximum absolute atomic E-state index is 14.1. The molecule has 1 atom stereocenters. The van der Waals surface area contributed by atoms with Crippen LogP contribution in [0.25, 0.3) is 0 Å². The van der Waals surface area contributed by atoms with Crippen LogP contribution in [0.1, 0.15) is 38.2 Å². The third-order valence-electron chi connectivity index (χ3n) is 7.38. The van der Waals surface area contributed by atoms with Crippen molar-refractivity contribution >= 4 is 39.1 Å². The predicted octanol–water partition coefficient (Wildman–Crippen LogP) is 5.03. The molecule has 0 bridgehead atoms. The lowest BCUT2D eigenvalue weighted by Gasteiger charge is -2.32. The molecule has 0 spiro atoms. The van der Waals surface area contributed by atoms with Gasteiger partial charge in [0.05, 0.1) is 24.8 Å². The van der Waals surface area contributed by atoms with Gasteiger partial charge in [-0.25, -0.2) is 8.42 Å². The van der Waals surface area contributed by atoms with Crippen molar-refractivity contribution in [1.82, 2.24) is 10.2 Å². The Morgan fingerprint density at radius 3 is 2.26 bits per heavy atom. The van der Waals surface area contributed by atoms with Crippen molar-refractivity contribution < 1.29 is 27.5 Å². The maximum atomic E-state index is 14.1. The molecule has 1 saturated carbocycles. The Bertz CT molecular complexity index is 1490. The Kier molecular flexibility index (Phi) is 10.3. The Morgan fingerprint density at radius 1 is 0.952 bits per heavy atom. The lowest BCUT2D eigenvalue weighted by atomic mass is 10.1. The topological polar surface area (TPSA) is 105 Å². The van der Waals surface area contributed by atoms with E-state index in [0.29, 0.717) is 16.5 Å². The first-order valence-corrected chi connectivity index (χ1v) is 15.6. The molecule has 0 aliphatic heterocycles. The number of amides is 2. The van der Waals surface area contributed by atoms with Crippen LogP contribution in [-0.4, -0.2) is 58.0 Å². The van der Waals surface area contributed by atoms with Crippen LogP contribution in [0.4, 0.5) is 5.69 Å². The lowest BCUT2D eigenvalue weighted by Crippen LogP contribution is -2.52. The number of sulfonamides is 1. The standard InChI is InChI=1S/C31H36ClN3O6S/c1-22(31(37)33-25-10-4-5-11-25)34(20-23-8-6-13-28(18-23)41-3)30(36)21-35(26-12-7-9-24(32)19-26)42(38,39)29-16-14-27(40-2)15-17-29/h6-9,12-19,22,25H,4-5,10-11,20-21H2,1-3H3,(H,33,37)/t22-/m0/s1. The van der Waals surface area contributed by atoms with Gasteiger partial charge < -0.3 is 19.7 Å². The van der Waals surface area contributed by atoms with E-state index in [-0.39, 0.29) is 29.1 Å². The molecule has 3 aromatic rings. The highest BCUT2D eigenvalue weighted by Crippen LogP contribution is 2.28. The second kappa shape index (κ2) is 13.9. The van der Waals surface area contributed by atoms with Crippen LogP contribution >= 0.6 is 11.6 Å². The van der Waals surface area contributed by atoms with E-state index in [1.54, 1.807) is 50.4 Å². The largest absolute Gasteiger partial charge is 0.497 e. The van der Waals surface area contributed by atoms with Gasteiger partial charge in [-0.05, 0) is 79.9 Å². The zero-order chi connectivity index (χ0) is 30.3. The quantitative estimate of drug-likeness (QED) is 0.307. The molecular formula is C31H36ClN3O6S. The normalized spacial score (nSPS) is 14.2. The van der Waals surface area contributed by atoms with Gasteiger partial charge >= 0.3 is 0 Å². The molecule has 9 nitrogen and oxygen atoms in total. The molecule has 42 heavy (non-hydrogen) atoms. The SMILES string of the molecule is COc1ccc(S(=O)(=O)N(CC(=O)N(Cc2cccc(OC)c2)[C@@H](C)C(=O)NC2CCCC2)c2cccc(Cl)c2)cc1. The number of hydrogen-bond donors (Lipinski definition) is 1. The lowest BCUT2D eigenvalue weighted by molar-refractivity contribution is -0.139. The van der Waals surface area contributed by atoms with E-state index in [9.17, 15) is 18.0 Å². The minimum Gasteiger partial charge on any atom is -0.497 e. The summed E-state index contributed by atoms with van der Waals surface area (Å²) in [5, 5.41) is 3.38. The number of methoxy groups -OCH3 is 2. The third kappa shape index (κ3) is 7.54. The van der Waals surface area contributed by atoms with Gasteiger partial charge in [-0.3, -0.25) is 13.9 Å². The minimum absolute atomic E-state index is 0.0255. The van der Waals surface area contributed by atoms with E-state index in [4.69, 9.17) is 21.1 Å². The molecule has 0 radical (unpaired) electrons. The zero-order valence-corrected chi connectivity index (χ0v) is 25.5. The third-order valence-corrected chi connectivity index (χ3v) is 9.40. The van der Waals surface area contributed by atoms with Gasteiger partial charge in [-0.1, -0.05) is 42.6 Å². The van der Waals surface area contributed by atoms with Gasteiger partial charge in [0, 0.05) is 17.6 Å². The zero-order valence-electron chi connectivity index (χ0n) is 24.0. The van der Waals surface area contributed by atoms with Gasteiger partial charge in [0.2, 0.25) is 11.8 Å². The highest BCUT2D eigenvalue weighted by Gasteiger charge is 2.33. The Morgan fingerprint density at radius 2 is 1.62 bits per heavy atom. The number of hydrogen-bond acceptors (Lipinski definition) is 6. The summed E-state index contributed by atoms with van der Waals surface area (Å²) in [5.41, 5.74) is 0.951. The number of carbonyl (C=O) groups excluding carboxylic acids is 2. The molecule has 0 saturated heterocycles. The fraction of sp³-hybridized carbons (Fsp3) is 0.355. The molecule has 2 amide bonds. The molecular weight excluding hydrogens is 578 g/mol. The molecule has 1 N–H and O–H groups in total. The van der Waals surface area contributed by atoms with Crippen molar-refractivity contribution in [2.45, 2.75) is 56.1 Å². The summed E-state index contributed by atoms with van der Waals surface area (Å²) < 4.78 is 39.4. The number of rotatable bonds is 12. The number of anilines is 1. The van der Waals surface area contributed by atoms with Gasteiger partial charge in [0.15, 0.2) is 0 Å². The molecule has 1 aliphatic carbocycles. The number of ether oxygens (including phenoxy) is 2. The summed E-state index contributed by atoms with van der Waals surface area (Å²) in [6, 6.07) is 18.6. The predicted molar refractivity (Wildman–Crippen MR) is 162 cm³/mol. The molecule has 0 heterocycles. The smallest absolute Gasteiger partial charge is 0.264 e. The monoisotopic (exact) mass is 613 g/mol. The van der Waals surface area contributed by atoms with Crippen molar-refractivity contribution in [3.8, 4) is 11.5 Å². The Hall–Kier alpha value is -3.76. The number of carbonyl (C=O) groups is 2. The van der Waals surface area contributed by atoms with E-state index in [1.807, 2.05) is 6.07 Å². The highest BCUT2D eigenvalue weighted by atomic mass is 35.5. The minimum atomic E-state index is -4.22. The molecule has 0 unspecified atom stereocenters. The second-order valence-electron chi connectivity index (χ2n) is 10.2.